The summed E-state index contributed by atoms with van der Waals surface area (Å²) in [5.41, 5.74) is 1.17. The summed E-state index contributed by atoms with van der Waals surface area (Å²) < 4.78 is 46.5. The van der Waals surface area contributed by atoms with Gasteiger partial charge in [-0.25, -0.2) is 12.8 Å². The zero-order chi connectivity index (χ0) is 21.1. The molecule has 2 heterocycles. The maximum absolute atomic E-state index is 13.1. The average molecular weight is 431 g/mol. The summed E-state index contributed by atoms with van der Waals surface area (Å²) in [4.78, 5) is 12.6. The van der Waals surface area contributed by atoms with Crippen molar-refractivity contribution in [1.82, 2.24) is 9.88 Å². The number of sulfone groups is 1. The first-order chi connectivity index (χ1) is 14.4. The van der Waals surface area contributed by atoms with Gasteiger partial charge in [-0.15, -0.1) is 0 Å². The average Bonchev–Trinajstić information content (AvgIpc) is 3.37. The van der Waals surface area contributed by atoms with E-state index in [1.54, 1.807) is 28.8 Å². The van der Waals surface area contributed by atoms with Gasteiger partial charge in [0.1, 0.15) is 12.4 Å². The summed E-state index contributed by atoms with van der Waals surface area (Å²) in [5, 5.41) is 3.42. The topological polar surface area (TPSA) is 77.4 Å². The number of aromatic nitrogens is 1. The number of halogens is 1. The molecule has 1 aromatic heterocycles. The number of fused-ring (bicyclic) bond motifs is 1. The Kier molecular flexibility index (Phi) is 5.87. The number of hydrogen-bond acceptors (Lipinski definition) is 4. The molecule has 6 nitrogen and oxygen atoms in total. The Balaban J connectivity index is 1.56. The van der Waals surface area contributed by atoms with E-state index in [0.717, 1.165) is 19.4 Å². The van der Waals surface area contributed by atoms with Crippen LogP contribution in [0.25, 0.3) is 10.9 Å². The Hall–Kier alpha value is -2.71. The molecule has 30 heavy (non-hydrogen) atoms. The lowest BCUT2D eigenvalue weighted by atomic mass is 10.2. The van der Waals surface area contributed by atoms with Crippen molar-refractivity contribution in [2.24, 2.45) is 0 Å². The van der Waals surface area contributed by atoms with Crippen LogP contribution in [0.15, 0.2) is 59.6 Å². The van der Waals surface area contributed by atoms with Crippen LogP contribution in [0.2, 0.25) is 0 Å². The lowest BCUT2D eigenvalue weighted by molar-refractivity contribution is -0.122. The highest BCUT2D eigenvalue weighted by Gasteiger charge is 2.23. The summed E-state index contributed by atoms with van der Waals surface area (Å²) >= 11 is 0. The Morgan fingerprint density at radius 2 is 1.93 bits per heavy atom. The van der Waals surface area contributed by atoms with Crippen molar-refractivity contribution in [2.75, 3.05) is 13.2 Å². The fourth-order valence-electron chi connectivity index (χ4n) is 3.71. The number of nitrogens with zero attached hydrogens (tertiary/aromatic N) is 1. The number of carbonyl (C=O) groups excluding carboxylic acids is 1. The second-order valence-electron chi connectivity index (χ2n) is 7.46. The van der Waals surface area contributed by atoms with Gasteiger partial charge in [0.05, 0.1) is 16.8 Å². The van der Waals surface area contributed by atoms with Gasteiger partial charge in [-0.3, -0.25) is 4.79 Å². The van der Waals surface area contributed by atoms with E-state index in [9.17, 15) is 17.6 Å². The lowest BCUT2D eigenvalue weighted by Gasteiger charge is -2.11. The number of para-hydroxylation sites is 1. The SMILES string of the molecule is O=C(Cn1cc(S(=O)(=O)Cc2ccc(F)cc2)c2ccccc21)NC[C@H]1CCCO1. The summed E-state index contributed by atoms with van der Waals surface area (Å²) in [7, 11) is -3.69. The van der Waals surface area contributed by atoms with E-state index in [2.05, 4.69) is 5.32 Å². The van der Waals surface area contributed by atoms with E-state index < -0.39 is 15.7 Å². The molecule has 1 aliphatic heterocycles. The molecule has 1 atom stereocenters. The highest BCUT2D eigenvalue weighted by atomic mass is 32.2. The van der Waals surface area contributed by atoms with E-state index in [1.165, 1.54) is 30.5 Å². The van der Waals surface area contributed by atoms with Gasteiger partial charge in [-0.2, -0.15) is 0 Å². The molecule has 3 aromatic rings. The molecule has 1 N–H and O–H groups in total. The molecule has 2 aromatic carbocycles. The molecule has 0 bridgehead atoms. The minimum atomic E-state index is -3.69. The van der Waals surface area contributed by atoms with Crippen LogP contribution < -0.4 is 5.32 Å². The van der Waals surface area contributed by atoms with Gasteiger partial charge in [-0.05, 0) is 36.6 Å². The molecule has 1 aliphatic rings. The molecule has 1 saturated heterocycles. The number of ether oxygens (including phenoxy) is 1. The predicted molar refractivity (Wildman–Crippen MR) is 111 cm³/mol. The van der Waals surface area contributed by atoms with E-state index in [0.29, 0.717) is 23.0 Å². The fourth-order valence-corrected chi connectivity index (χ4v) is 5.30. The smallest absolute Gasteiger partial charge is 0.240 e. The van der Waals surface area contributed by atoms with Gasteiger partial charge in [0.15, 0.2) is 9.84 Å². The molecular formula is C22H23FN2O4S. The van der Waals surface area contributed by atoms with Crippen molar-refractivity contribution in [3.8, 4) is 0 Å². The minimum Gasteiger partial charge on any atom is -0.376 e. The first-order valence-electron chi connectivity index (χ1n) is 9.86. The normalized spacial score (nSPS) is 16.8. The van der Waals surface area contributed by atoms with E-state index in [-0.39, 0.29) is 29.2 Å². The van der Waals surface area contributed by atoms with Gasteiger partial charge >= 0.3 is 0 Å². The number of hydrogen-bond donors (Lipinski definition) is 1. The number of benzene rings is 2. The maximum atomic E-state index is 13.1. The third kappa shape index (κ3) is 4.55. The van der Waals surface area contributed by atoms with Crippen molar-refractivity contribution in [3.05, 3.63) is 66.1 Å². The molecule has 8 heteroatoms. The van der Waals surface area contributed by atoms with Crippen LogP contribution in [-0.2, 0) is 31.7 Å². The number of rotatable bonds is 7. The Morgan fingerprint density at radius 3 is 2.67 bits per heavy atom. The zero-order valence-electron chi connectivity index (χ0n) is 16.4. The van der Waals surface area contributed by atoms with Crippen molar-refractivity contribution < 1.29 is 22.3 Å². The second-order valence-corrected chi connectivity index (χ2v) is 9.42. The van der Waals surface area contributed by atoms with Crippen LogP contribution >= 0.6 is 0 Å². The first kappa shape index (κ1) is 20.6. The summed E-state index contributed by atoms with van der Waals surface area (Å²) in [6.07, 6.45) is 3.48. The van der Waals surface area contributed by atoms with Crippen LogP contribution in [0.3, 0.4) is 0 Å². The molecule has 1 amide bonds. The number of carbonyl (C=O) groups is 1. The van der Waals surface area contributed by atoms with Crippen molar-refractivity contribution in [2.45, 2.75) is 36.1 Å². The van der Waals surface area contributed by atoms with Crippen LogP contribution in [0, 0.1) is 5.82 Å². The molecule has 0 aliphatic carbocycles. The minimum absolute atomic E-state index is 0.0132. The molecule has 0 radical (unpaired) electrons. The molecule has 0 unspecified atom stereocenters. The van der Waals surface area contributed by atoms with Crippen LogP contribution in [0.5, 0.6) is 0 Å². The fraction of sp³-hybridized carbons (Fsp3) is 0.318. The van der Waals surface area contributed by atoms with Crippen molar-refractivity contribution in [3.63, 3.8) is 0 Å². The Bertz CT molecular complexity index is 1150. The first-order valence-corrected chi connectivity index (χ1v) is 11.5. The second kappa shape index (κ2) is 8.57. The van der Waals surface area contributed by atoms with Gasteiger partial charge in [0, 0.05) is 30.3 Å². The van der Waals surface area contributed by atoms with Crippen LogP contribution in [0.4, 0.5) is 4.39 Å². The van der Waals surface area contributed by atoms with Crippen molar-refractivity contribution >= 4 is 26.6 Å². The molecule has 0 saturated carbocycles. The van der Waals surface area contributed by atoms with Gasteiger partial charge < -0.3 is 14.6 Å². The van der Waals surface area contributed by atoms with Crippen molar-refractivity contribution in [1.29, 1.82) is 0 Å². The summed E-state index contributed by atoms with van der Waals surface area (Å²) in [6, 6.07) is 12.5. The lowest BCUT2D eigenvalue weighted by Crippen LogP contribution is -2.34. The van der Waals surface area contributed by atoms with E-state index in [4.69, 9.17) is 4.74 Å². The van der Waals surface area contributed by atoms with Crippen LogP contribution in [-0.4, -0.2) is 38.1 Å². The molecule has 158 valence electrons. The zero-order valence-corrected chi connectivity index (χ0v) is 17.2. The molecule has 1 fully saturated rings. The number of amides is 1. The number of nitrogens with one attached hydrogen (secondary N) is 1. The van der Waals surface area contributed by atoms with Gasteiger partial charge in [0.2, 0.25) is 5.91 Å². The quantitative estimate of drug-likeness (QED) is 0.625. The largest absolute Gasteiger partial charge is 0.376 e. The summed E-state index contributed by atoms with van der Waals surface area (Å²) in [6.45, 7) is 1.19. The maximum Gasteiger partial charge on any atom is 0.240 e. The third-order valence-corrected chi connectivity index (χ3v) is 6.93. The standard InChI is InChI=1S/C22H23FN2O4S/c23-17-9-7-16(8-10-17)15-30(27,28)21-13-25(20-6-2-1-5-19(20)21)14-22(26)24-12-18-4-3-11-29-18/h1-2,5-10,13,18H,3-4,11-12,14-15H2,(H,24,26)/t18-/m1/s1. The van der Waals surface area contributed by atoms with Crippen LogP contribution in [0.1, 0.15) is 18.4 Å². The van der Waals surface area contributed by atoms with Gasteiger partial charge in [-0.1, -0.05) is 30.3 Å². The molecule has 4 rings (SSSR count). The van der Waals surface area contributed by atoms with E-state index in [1.807, 2.05) is 0 Å². The predicted octanol–water partition coefficient (Wildman–Crippen LogP) is 3.05. The highest BCUT2D eigenvalue weighted by molar-refractivity contribution is 7.90. The summed E-state index contributed by atoms with van der Waals surface area (Å²) in [5.74, 6) is -0.859. The Labute approximate surface area is 174 Å². The third-order valence-electron chi connectivity index (χ3n) is 5.22. The van der Waals surface area contributed by atoms with E-state index >= 15 is 0 Å². The highest BCUT2D eigenvalue weighted by Crippen LogP contribution is 2.28. The Morgan fingerprint density at radius 1 is 1.17 bits per heavy atom. The molecule has 0 spiro atoms. The van der Waals surface area contributed by atoms with Gasteiger partial charge in [0.25, 0.3) is 0 Å². The molecular weight excluding hydrogens is 407 g/mol. The monoisotopic (exact) mass is 430 g/mol.